The minimum absolute atomic E-state index is 0.0590. The van der Waals surface area contributed by atoms with Gasteiger partial charge >= 0.3 is 0 Å². The molecule has 0 saturated carbocycles. The number of aryl methyl sites for hydroxylation is 1. The normalized spacial score (nSPS) is 21.0. The second-order valence-corrected chi connectivity index (χ2v) is 7.39. The van der Waals surface area contributed by atoms with Crippen molar-refractivity contribution < 1.29 is 23.2 Å². The molecule has 0 aliphatic carbocycles. The summed E-state index contributed by atoms with van der Waals surface area (Å²) >= 11 is 0. The summed E-state index contributed by atoms with van der Waals surface area (Å²) in [4.78, 5) is 12.3. The first-order valence-corrected chi connectivity index (χ1v) is 8.40. The van der Waals surface area contributed by atoms with Crippen molar-refractivity contribution in [3.05, 3.63) is 29.3 Å². The van der Waals surface area contributed by atoms with Crippen molar-refractivity contribution in [2.45, 2.75) is 18.2 Å². The molecular formula is C14H20N2O4S. The number of aromatic carboxylic acids is 1. The predicted octanol–water partition coefficient (Wildman–Crippen LogP) is -1.73. The average molecular weight is 312 g/mol. The topological polar surface area (TPSA) is 81.9 Å². The van der Waals surface area contributed by atoms with Gasteiger partial charge in [0.05, 0.1) is 37.5 Å². The Morgan fingerprint density at radius 2 is 2.00 bits per heavy atom. The van der Waals surface area contributed by atoms with E-state index in [-0.39, 0.29) is 10.5 Å². The number of nitrogens with zero attached hydrogens (tertiary/aromatic N) is 1. The van der Waals surface area contributed by atoms with E-state index >= 15 is 0 Å². The Hall–Kier alpha value is -1.44. The second-order valence-electron chi connectivity index (χ2n) is 5.48. The maximum absolute atomic E-state index is 12.7. The molecule has 1 aliphatic rings. The maximum atomic E-state index is 12.7. The Kier molecular flexibility index (Phi) is 4.65. The fraction of sp³-hybridized carbons (Fsp3) is 0.500. The van der Waals surface area contributed by atoms with Gasteiger partial charge in [0.15, 0.2) is 0 Å². The zero-order valence-corrected chi connectivity index (χ0v) is 13.1. The molecule has 0 amide bonds. The van der Waals surface area contributed by atoms with Crippen LogP contribution in [0, 0.1) is 6.92 Å². The maximum Gasteiger partial charge on any atom is 0.243 e. The number of rotatable bonds is 3. The summed E-state index contributed by atoms with van der Waals surface area (Å²) in [7, 11) is -1.63. The third-order valence-corrected chi connectivity index (χ3v) is 5.88. The number of carbonyl (C=O) groups excluding carboxylic acids is 1. The zero-order chi connectivity index (χ0) is 15.6. The fourth-order valence-corrected chi connectivity index (χ4v) is 4.22. The van der Waals surface area contributed by atoms with Crippen molar-refractivity contribution in [3.63, 3.8) is 0 Å². The van der Waals surface area contributed by atoms with Crippen molar-refractivity contribution in [1.29, 1.82) is 0 Å². The average Bonchev–Trinajstić information content (AvgIpc) is 2.64. The molecule has 6 nitrogen and oxygen atoms in total. The molecule has 1 aromatic carbocycles. The van der Waals surface area contributed by atoms with Crippen LogP contribution in [0.5, 0.6) is 0 Å². The van der Waals surface area contributed by atoms with E-state index in [1.54, 1.807) is 6.92 Å². The van der Waals surface area contributed by atoms with Gasteiger partial charge < -0.3 is 14.8 Å². The standard InChI is InChI=1S/C14H20N2O4S/c1-11-4-5-12(14(17)18)10-13(11)21(19,20)16-7-3-6-15(2)8-9-16/h4-5,10H,3,6-9H2,1-2H3,(H,17,18). The molecule has 2 rings (SSSR count). The highest BCUT2D eigenvalue weighted by Crippen LogP contribution is 2.21. The molecule has 1 aliphatic heterocycles. The molecule has 0 radical (unpaired) electrons. The Balaban J connectivity index is 2.39. The summed E-state index contributed by atoms with van der Waals surface area (Å²) in [5.74, 6) is -1.37. The Bertz CT molecular complexity index is 642. The predicted molar refractivity (Wildman–Crippen MR) is 75.5 cm³/mol. The van der Waals surface area contributed by atoms with Crippen LogP contribution >= 0.6 is 0 Å². The van der Waals surface area contributed by atoms with Gasteiger partial charge in [-0.2, -0.15) is 4.31 Å². The van der Waals surface area contributed by atoms with Gasteiger partial charge in [0.1, 0.15) is 0 Å². The van der Waals surface area contributed by atoms with Crippen molar-refractivity contribution in [3.8, 4) is 0 Å². The van der Waals surface area contributed by atoms with Crippen molar-refractivity contribution in [2.75, 3.05) is 33.2 Å². The summed E-state index contributed by atoms with van der Waals surface area (Å²) in [6, 6.07) is 4.07. The number of carbonyl (C=O) groups is 1. The third kappa shape index (κ3) is 3.42. The molecule has 1 saturated heterocycles. The number of likely N-dealkylation sites (N-methyl/N-ethyl adjacent to an activating group) is 1. The quantitative estimate of drug-likeness (QED) is 0.719. The van der Waals surface area contributed by atoms with Gasteiger partial charge in [-0.1, -0.05) is 12.1 Å². The lowest BCUT2D eigenvalue weighted by atomic mass is 10.1. The van der Waals surface area contributed by atoms with Gasteiger partial charge in [-0.25, -0.2) is 8.42 Å². The van der Waals surface area contributed by atoms with Gasteiger partial charge in [-0.3, -0.25) is 0 Å². The molecule has 0 spiro atoms. The Morgan fingerprint density at radius 3 is 2.67 bits per heavy atom. The summed E-state index contributed by atoms with van der Waals surface area (Å²) in [5.41, 5.74) is 0.432. The number of nitrogens with one attached hydrogen (secondary N) is 1. The highest BCUT2D eigenvalue weighted by molar-refractivity contribution is 7.89. The minimum Gasteiger partial charge on any atom is -0.545 e. The smallest absolute Gasteiger partial charge is 0.243 e. The van der Waals surface area contributed by atoms with Crippen LogP contribution in [0.2, 0.25) is 0 Å². The van der Waals surface area contributed by atoms with E-state index in [0.717, 1.165) is 19.5 Å². The molecular weight excluding hydrogens is 292 g/mol. The second kappa shape index (κ2) is 6.13. The Labute approximate surface area is 125 Å². The molecule has 1 atom stereocenters. The van der Waals surface area contributed by atoms with Gasteiger partial charge in [0.2, 0.25) is 10.0 Å². The van der Waals surface area contributed by atoms with E-state index < -0.39 is 16.0 Å². The van der Waals surface area contributed by atoms with Crippen LogP contribution in [0.15, 0.2) is 23.1 Å². The fourth-order valence-electron chi connectivity index (χ4n) is 2.49. The molecule has 1 N–H and O–H groups in total. The number of hydrogen-bond donors (Lipinski definition) is 1. The van der Waals surface area contributed by atoms with E-state index in [9.17, 15) is 18.3 Å². The van der Waals surface area contributed by atoms with Gasteiger partial charge in [0, 0.05) is 13.0 Å². The molecule has 1 heterocycles. The molecule has 7 heteroatoms. The minimum atomic E-state index is -3.67. The zero-order valence-electron chi connectivity index (χ0n) is 12.3. The SMILES string of the molecule is Cc1ccc(C(=O)[O-])cc1S(=O)(=O)N1CCC[NH+](C)CC1. The van der Waals surface area contributed by atoms with E-state index in [0.29, 0.717) is 18.7 Å². The summed E-state index contributed by atoms with van der Waals surface area (Å²) in [6.07, 6.45) is 0.796. The number of sulfonamides is 1. The van der Waals surface area contributed by atoms with Crippen LogP contribution in [-0.2, 0) is 10.0 Å². The van der Waals surface area contributed by atoms with Crippen LogP contribution in [0.1, 0.15) is 22.3 Å². The monoisotopic (exact) mass is 312 g/mol. The molecule has 0 aromatic heterocycles. The summed E-state index contributed by atoms with van der Waals surface area (Å²) in [5, 5.41) is 10.9. The number of benzene rings is 1. The van der Waals surface area contributed by atoms with Crippen molar-refractivity contribution in [1.82, 2.24) is 4.31 Å². The molecule has 1 unspecified atom stereocenters. The lowest BCUT2D eigenvalue weighted by molar-refractivity contribution is -0.877. The van der Waals surface area contributed by atoms with Gasteiger partial charge in [-0.15, -0.1) is 0 Å². The first-order valence-electron chi connectivity index (χ1n) is 6.96. The molecule has 1 fully saturated rings. The summed E-state index contributed by atoms with van der Waals surface area (Å²) < 4.78 is 26.9. The molecule has 1 aromatic rings. The van der Waals surface area contributed by atoms with Crippen LogP contribution in [-0.4, -0.2) is 51.9 Å². The summed E-state index contributed by atoms with van der Waals surface area (Å²) in [6.45, 7) is 4.27. The highest BCUT2D eigenvalue weighted by Gasteiger charge is 2.28. The lowest BCUT2D eigenvalue weighted by Crippen LogP contribution is -3.09. The van der Waals surface area contributed by atoms with Crippen LogP contribution in [0.4, 0.5) is 0 Å². The van der Waals surface area contributed by atoms with E-state index in [2.05, 4.69) is 0 Å². The van der Waals surface area contributed by atoms with E-state index in [4.69, 9.17) is 0 Å². The van der Waals surface area contributed by atoms with Crippen molar-refractivity contribution >= 4 is 16.0 Å². The van der Waals surface area contributed by atoms with Gasteiger partial charge in [-0.05, 0) is 24.1 Å². The molecule has 21 heavy (non-hydrogen) atoms. The number of carboxylic acid groups (broad SMARTS) is 1. The lowest BCUT2D eigenvalue weighted by Gasteiger charge is -2.21. The highest BCUT2D eigenvalue weighted by atomic mass is 32.2. The first kappa shape index (κ1) is 15.9. The number of hydrogen-bond acceptors (Lipinski definition) is 4. The number of quaternary nitrogens is 1. The van der Waals surface area contributed by atoms with Crippen LogP contribution in [0.3, 0.4) is 0 Å². The van der Waals surface area contributed by atoms with Crippen LogP contribution < -0.4 is 10.0 Å². The van der Waals surface area contributed by atoms with E-state index in [1.807, 2.05) is 7.05 Å². The largest absolute Gasteiger partial charge is 0.545 e. The van der Waals surface area contributed by atoms with Crippen LogP contribution in [0.25, 0.3) is 0 Å². The number of carboxylic acids is 1. The molecule has 0 bridgehead atoms. The van der Waals surface area contributed by atoms with Crippen molar-refractivity contribution in [2.24, 2.45) is 0 Å². The van der Waals surface area contributed by atoms with E-state index in [1.165, 1.54) is 27.4 Å². The first-order chi connectivity index (χ1) is 9.82. The van der Waals surface area contributed by atoms with Gasteiger partial charge in [0.25, 0.3) is 0 Å². The molecule has 116 valence electrons. The third-order valence-electron chi connectivity index (χ3n) is 3.84. The Morgan fingerprint density at radius 1 is 1.29 bits per heavy atom.